The summed E-state index contributed by atoms with van der Waals surface area (Å²) in [6, 6.07) is -0.595. The van der Waals surface area contributed by atoms with E-state index in [1.54, 1.807) is 0 Å². The summed E-state index contributed by atoms with van der Waals surface area (Å²) < 4.78 is 37.1. The molecule has 5 N–H and O–H groups in total. The van der Waals surface area contributed by atoms with E-state index in [1.165, 1.54) is 0 Å². The van der Waals surface area contributed by atoms with Crippen molar-refractivity contribution in [3.05, 3.63) is 11.6 Å². The zero-order chi connectivity index (χ0) is 19.7. The number of fused-ring (bicyclic) bond motifs is 1. The Morgan fingerprint density at radius 1 is 1.21 bits per heavy atom. The standard InChI is InChI=1S/C20H35F2N5O/c1-11-10-14(23-2)26-20(25-11)27-18-16(21)13-6-9-28-19(13)15(17(18)22)12-4-3-7-24-8-5-12/h5,11,13-20,23-27H,3-4,6-10H2,1-2H3. The Labute approximate surface area is 166 Å². The third kappa shape index (κ3) is 4.13. The van der Waals surface area contributed by atoms with Crippen molar-refractivity contribution < 1.29 is 13.5 Å². The maximum Gasteiger partial charge on any atom is 0.127 e. The summed E-state index contributed by atoms with van der Waals surface area (Å²) in [4.78, 5) is 0. The van der Waals surface area contributed by atoms with E-state index >= 15 is 8.78 Å². The number of hydrogen-bond donors (Lipinski definition) is 5. The van der Waals surface area contributed by atoms with Gasteiger partial charge in [-0.15, -0.1) is 0 Å². The Bertz CT molecular complexity index is 565. The highest BCUT2D eigenvalue weighted by molar-refractivity contribution is 5.20. The Kier molecular flexibility index (Phi) is 6.64. The van der Waals surface area contributed by atoms with Gasteiger partial charge in [0.2, 0.25) is 0 Å². The summed E-state index contributed by atoms with van der Waals surface area (Å²) >= 11 is 0. The molecule has 0 aromatic rings. The van der Waals surface area contributed by atoms with E-state index in [0.29, 0.717) is 13.0 Å². The van der Waals surface area contributed by atoms with E-state index in [9.17, 15) is 0 Å². The quantitative estimate of drug-likeness (QED) is 0.450. The molecule has 4 rings (SSSR count). The van der Waals surface area contributed by atoms with E-state index in [4.69, 9.17) is 4.74 Å². The maximum atomic E-state index is 15.8. The molecule has 9 atom stereocenters. The molecule has 3 aliphatic heterocycles. The molecular weight excluding hydrogens is 364 g/mol. The number of hydrogen-bond acceptors (Lipinski definition) is 6. The fourth-order valence-electron chi connectivity index (χ4n) is 5.43. The predicted molar refractivity (Wildman–Crippen MR) is 105 cm³/mol. The fraction of sp³-hybridized carbons (Fsp3) is 0.900. The second kappa shape index (κ2) is 9.02. The van der Waals surface area contributed by atoms with Gasteiger partial charge in [0.05, 0.1) is 18.3 Å². The van der Waals surface area contributed by atoms with Crippen molar-refractivity contribution in [2.75, 3.05) is 26.7 Å². The topological polar surface area (TPSA) is 69.4 Å². The average Bonchev–Trinajstić information content (AvgIpc) is 3.01. The van der Waals surface area contributed by atoms with Gasteiger partial charge in [-0.1, -0.05) is 11.6 Å². The van der Waals surface area contributed by atoms with Gasteiger partial charge in [0.25, 0.3) is 0 Å². The second-order valence-corrected chi connectivity index (χ2v) is 8.73. The van der Waals surface area contributed by atoms with Gasteiger partial charge < -0.3 is 15.4 Å². The van der Waals surface area contributed by atoms with Crippen molar-refractivity contribution >= 4 is 0 Å². The lowest BCUT2D eigenvalue weighted by Crippen LogP contribution is -2.71. The first kappa shape index (κ1) is 20.6. The van der Waals surface area contributed by atoms with Crippen molar-refractivity contribution in [1.29, 1.82) is 0 Å². The molecule has 0 bridgehead atoms. The van der Waals surface area contributed by atoms with Crippen molar-refractivity contribution in [3.8, 4) is 0 Å². The van der Waals surface area contributed by atoms with Crippen LogP contribution in [0.15, 0.2) is 11.6 Å². The summed E-state index contributed by atoms with van der Waals surface area (Å²) in [5.41, 5.74) is 1.10. The van der Waals surface area contributed by atoms with Gasteiger partial charge in [-0.05, 0) is 46.2 Å². The van der Waals surface area contributed by atoms with Crippen LogP contribution in [0.3, 0.4) is 0 Å². The first-order chi connectivity index (χ1) is 13.6. The molecule has 2 saturated heterocycles. The monoisotopic (exact) mass is 399 g/mol. The molecule has 9 unspecified atom stereocenters. The van der Waals surface area contributed by atoms with Crippen LogP contribution in [0.5, 0.6) is 0 Å². The first-order valence-electron chi connectivity index (χ1n) is 10.8. The summed E-state index contributed by atoms with van der Waals surface area (Å²) in [7, 11) is 1.90. The Hall–Kier alpha value is -0.640. The van der Waals surface area contributed by atoms with Crippen molar-refractivity contribution in [2.45, 2.75) is 75.6 Å². The minimum atomic E-state index is -1.31. The van der Waals surface area contributed by atoms with Gasteiger partial charge in [-0.3, -0.25) is 16.0 Å². The van der Waals surface area contributed by atoms with Gasteiger partial charge in [-0.25, -0.2) is 8.78 Å². The van der Waals surface area contributed by atoms with Crippen molar-refractivity contribution in [1.82, 2.24) is 26.6 Å². The van der Waals surface area contributed by atoms with Crippen LogP contribution in [-0.2, 0) is 4.74 Å². The van der Waals surface area contributed by atoms with Crippen molar-refractivity contribution in [3.63, 3.8) is 0 Å². The molecule has 4 aliphatic rings. The molecule has 6 nitrogen and oxygen atoms in total. The molecule has 0 radical (unpaired) electrons. The van der Waals surface area contributed by atoms with Crippen LogP contribution in [0.25, 0.3) is 0 Å². The van der Waals surface area contributed by atoms with E-state index in [1.807, 2.05) is 7.05 Å². The molecule has 3 fully saturated rings. The summed E-state index contributed by atoms with van der Waals surface area (Å²) in [6.45, 7) is 4.30. The third-order valence-corrected chi connectivity index (χ3v) is 6.85. The van der Waals surface area contributed by atoms with Gasteiger partial charge >= 0.3 is 0 Å². The first-order valence-corrected chi connectivity index (χ1v) is 10.8. The molecule has 28 heavy (non-hydrogen) atoms. The van der Waals surface area contributed by atoms with E-state index in [0.717, 1.165) is 37.9 Å². The lowest BCUT2D eigenvalue weighted by Gasteiger charge is -2.46. The average molecular weight is 400 g/mol. The lowest BCUT2D eigenvalue weighted by atomic mass is 9.70. The normalized spacial score (nSPS) is 47.3. The molecule has 0 spiro atoms. The van der Waals surface area contributed by atoms with Crippen LogP contribution < -0.4 is 26.6 Å². The SMILES string of the molecule is CNC1CC(C)NC(NC2C(F)C3CCOC3C(C3=CCNCCC3)C2F)N1. The summed E-state index contributed by atoms with van der Waals surface area (Å²) in [5, 5.41) is 16.5. The van der Waals surface area contributed by atoms with Crippen LogP contribution >= 0.6 is 0 Å². The van der Waals surface area contributed by atoms with Gasteiger partial charge in [0.15, 0.2) is 0 Å². The molecule has 1 aliphatic carbocycles. The van der Waals surface area contributed by atoms with E-state index < -0.39 is 18.4 Å². The lowest BCUT2D eigenvalue weighted by molar-refractivity contribution is -0.0636. The van der Waals surface area contributed by atoms with Crippen LogP contribution in [0, 0.1) is 11.8 Å². The zero-order valence-electron chi connectivity index (χ0n) is 16.9. The van der Waals surface area contributed by atoms with Gasteiger partial charge in [0.1, 0.15) is 18.6 Å². The largest absolute Gasteiger partial charge is 0.377 e. The van der Waals surface area contributed by atoms with Crippen LogP contribution in [0.2, 0.25) is 0 Å². The molecule has 3 heterocycles. The third-order valence-electron chi connectivity index (χ3n) is 6.85. The molecule has 0 aromatic carbocycles. The molecule has 8 heteroatoms. The van der Waals surface area contributed by atoms with Crippen molar-refractivity contribution in [2.24, 2.45) is 11.8 Å². The maximum absolute atomic E-state index is 15.8. The van der Waals surface area contributed by atoms with E-state index in [-0.39, 0.29) is 36.4 Å². The Morgan fingerprint density at radius 3 is 2.89 bits per heavy atom. The molecule has 1 saturated carbocycles. The van der Waals surface area contributed by atoms with Gasteiger partial charge in [-0.2, -0.15) is 0 Å². The fourth-order valence-corrected chi connectivity index (χ4v) is 5.43. The van der Waals surface area contributed by atoms with Crippen LogP contribution in [0.4, 0.5) is 8.78 Å². The minimum Gasteiger partial charge on any atom is -0.377 e. The Balaban J connectivity index is 1.53. The zero-order valence-corrected chi connectivity index (χ0v) is 16.9. The molecular formula is C20H35F2N5O. The summed E-state index contributed by atoms with van der Waals surface area (Å²) in [5.74, 6) is -0.606. The smallest absolute Gasteiger partial charge is 0.127 e. The second-order valence-electron chi connectivity index (χ2n) is 8.73. The van der Waals surface area contributed by atoms with Crippen LogP contribution in [-0.4, -0.2) is 69.7 Å². The molecule has 0 amide bonds. The highest BCUT2D eigenvalue weighted by Crippen LogP contribution is 2.45. The van der Waals surface area contributed by atoms with Crippen LogP contribution in [0.1, 0.15) is 32.6 Å². The van der Waals surface area contributed by atoms with Gasteiger partial charge in [0, 0.05) is 31.0 Å². The van der Waals surface area contributed by atoms with E-state index in [2.05, 4.69) is 39.6 Å². The number of rotatable bonds is 4. The number of nitrogens with one attached hydrogen (secondary N) is 5. The summed E-state index contributed by atoms with van der Waals surface area (Å²) in [6.07, 6.45) is 2.40. The highest BCUT2D eigenvalue weighted by Gasteiger charge is 2.55. The predicted octanol–water partition coefficient (Wildman–Crippen LogP) is 0.766. The number of ether oxygens (including phenoxy) is 1. The molecule has 0 aromatic heterocycles. The number of halogens is 2. The number of alkyl halides is 2. The highest BCUT2D eigenvalue weighted by atomic mass is 19.1. The Morgan fingerprint density at radius 2 is 2.07 bits per heavy atom. The molecule has 160 valence electrons. The minimum absolute atomic E-state index is 0.113.